The van der Waals surface area contributed by atoms with Gasteiger partial charge in [-0.1, -0.05) is 36.4 Å². The highest BCUT2D eigenvalue weighted by atomic mass is 16.4. The first kappa shape index (κ1) is 30.3. The van der Waals surface area contributed by atoms with E-state index in [0.717, 1.165) is 32.9 Å². The Balaban J connectivity index is 1.45. The average Bonchev–Trinajstić information content (AvgIpc) is 3.75. The number of primary amides is 1. The molecule has 2 aromatic carbocycles. The Kier molecular flexibility index (Phi) is 8.95. The maximum Gasteiger partial charge on any atom is 0.326 e. The van der Waals surface area contributed by atoms with Crippen molar-refractivity contribution in [3.8, 4) is 0 Å². The largest absolute Gasteiger partial charge is 0.480 e. The molecule has 2 aromatic heterocycles. The highest BCUT2D eigenvalue weighted by molar-refractivity contribution is 5.96. The van der Waals surface area contributed by atoms with Crippen LogP contribution < -0.4 is 22.1 Å². The number of hydrogen-bond donors (Lipinski definition) is 7. The lowest BCUT2D eigenvalue weighted by Crippen LogP contribution is -2.58. The van der Waals surface area contributed by atoms with Gasteiger partial charge in [-0.05, 0) is 36.1 Å². The minimum absolute atomic E-state index is 0.0420. The third-order valence-corrected chi connectivity index (χ3v) is 8.02. The Morgan fingerprint density at radius 3 is 1.98 bits per heavy atom. The average molecular weight is 602 g/mol. The lowest BCUT2D eigenvalue weighted by Gasteiger charge is -2.29. The summed E-state index contributed by atoms with van der Waals surface area (Å²) in [5, 5.41) is 16.9. The molecule has 230 valence electrons. The topological polar surface area (TPSA) is 216 Å². The third kappa shape index (κ3) is 6.57. The van der Waals surface area contributed by atoms with E-state index in [1.807, 2.05) is 48.5 Å². The molecule has 44 heavy (non-hydrogen) atoms. The highest BCUT2D eigenvalue weighted by Gasteiger charge is 2.39. The van der Waals surface area contributed by atoms with Crippen LogP contribution in [0.25, 0.3) is 21.8 Å². The van der Waals surface area contributed by atoms with Gasteiger partial charge in [0.25, 0.3) is 0 Å². The minimum Gasteiger partial charge on any atom is -0.480 e. The number of H-pyrrole nitrogens is 2. The molecule has 9 N–H and O–H groups in total. The number of aromatic nitrogens is 2. The lowest BCUT2D eigenvalue weighted by atomic mass is 10.0. The fraction of sp³-hybridized carbons (Fsp3) is 0.323. The maximum atomic E-state index is 14.0. The summed E-state index contributed by atoms with van der Waals surface area (Å²) >= 11 is 0. The smallest absolute Gasteiger partial charge is 0.326 e. The maximum absolute atomic E-state index is 14.0. The number of nitrogens with one attached hydrogen (secondary N) is 4. The number of aliphatic carboxylic acids is 1. The molecule has 1 aliphatic heterocycles. The van der Waals surface area contributed by atoms with Crippen molar-refractivity contribution in [3.63, 3.8) is 0 Å². The molecule has 4 unspecified atom stereocenters. The van der Waals surface area contributed by atoms with E-state index in [2.05, 4.69) is 20.6 Å². The Labute approximate surface area is 252 Å². The van der Waals surface area contributed by atoms with Gasteiger partial charge in [0.1, 0.15) is 18.1 Å². The molecular weight excluding hydrogens is 566 g/mol. The predicted octanol–water partition coefficient (Wildman–Crippen LogP) is 0.682. The molecule has 13 nitrogen and oxygen atoms in total. The van der Waals surface area contributed by atoms with Crippen LogP contribution >= 0.6 is 0 Å². The fourth-order valence-electron chi connectivity index (χ4n) is 5.80. The van der Waals surface area contributed by atoms with Crippen molar-refractivity contribution in [2.45, 2.75) is 56.3 Å². The Morgan fingerprint density at radius 2 is 1.41 bits per heavy atom. The summed E-state index contributed by atoms with van der Waals surface area (Å²) in [5.74, 6) is -3.83. The van der Waals surface area contributed by atoms with Crippen LogP contribution in [-0.4, -0.2) is 80.3 Å². The molecule has 4 aromatic rings. The number of carboxylic acid groups (broad SMARTS) is 1. The van der Waals surface area contributed by atoms with Crippen LogP contribution in [0.1, 0.15) is 30.4 Å². The molecule has 1 aliphatic rings. The first-order valence-electron chi connectivity index (χ1n) is 14.4. The number of fused-ring (bicyclic) bond motifs is 2. The Hall–Kier alpha value is -5.17. The number of carbonyl (C=O) groups excluding carboxylic acids is 4. The summed E-state index contributed by atoms with van der Waals surface area (Å²) < 4.78 is 0. The van der Waals surface area contributed by atoms with Crippen molar-refractivity contribution in [2.75, 3.05) is 6.54 Å². The van der Waals surface area contributed by atoms with Crippen molar-refractivity contribution < 1.29 is 29.1 Å². The number of carbonyl (C=O) groups is 5. The van der Waals surface area contributed by atoms with Gasteiger partial charge >= 0.3 is 5.97 Å². The van der Waals surface area contributed by atoms with E-state index in [1.54, 1.807) is 12.4 Å². The van der Waals surface area contributed by atoms with Gasteiger partial charge in [-0.25, -0.2) is 4.79 Å². The van der Waals surface area contributed by atoms with Crippen LogP contribution in [0.5, 0.6) is 0 Å². The summed E-state index contributed by atoms with van der Waals surface area (Å²) in [5.41, 5.74) is 14.3. The van der Waals surface area contributed by atoms with Gasteiger partial charge in [0.2, 0.25) is 23.6 Å². The number of aromatic amines is 2. The first-order valence-corrected chi connectivity index (χ1v) is 14.4. The lowest BCUT2D eigenvalue weighted by molar-refractivity contribution is -0.149. The number of para-hydroxylation sites is 2. The monoisotopic (exact) mass is 601 g/mol. The predicted molar refractivity (Wildman–Crippen MR) is 162 cm³/mol. The Morgan fingerprint density at radius 1 is 0.864 bits per heavy atom. The molecular formula is C31H35N7O6. The molecule has 5 rings (SSSR count). The van der Waals surface area contributed by atoms with Crippen molar-refractivity contribution in [1.29, 1.82) is 0 Å². The second-order valence-electron chi connectivity index (χ2n) is 11.1. The molecule has 13 heteroatoms. The summed E-state index contributed by atoms with van der Waals surface area (Å²) in [4.78, 5) is 71.7. The number of nitrogens with two attached hydrogens (primary N) is 2. The summed E-state index contributed by atoms with van der Waals surface area (Å²) in [6, 6.07) is 10.4. The van der Waals surface area contributed by atoms with Crippen LogP contribution in [0.3, 0.4) is 0 Å². The molecule has 0 radical (unpaired) electrons. The number of amides is 4. The van der Waals surface area contributed by atoms with E-state index >= 15 is 0 Å². The van der Waals surface area contributed by atoms with Crippen molar-refractivity contribution in [2.24, 2.45) is 11.5 Å². The second kappa shape index (κ2) is 13.0. The zero-order chi connectivity index (χ0) is 31.4. The molecule has 4 amide bonds. The molecule has 3 heterocycles. The molecule has 1 saturated heterocycles. The van der Waals surface area contributed by atoms with Gasteiger partial charge < -0.3 is 42.1 Å². The van der Waals surface area contributed by atoms with Gasteiger partial charge in [-0.2, -0.15) is 0 Å². The van der Waals surface area contributed by atoms with Gasteiger partial charge in [0, 0.05) is 53.6 Å². The minimum atomic E-state index is -1.28. The summed E-state index contributed by atoms with van der Waals surface area (Å²) in [6.07, 6.45) is 4.02. The number of hydrogen-bond acceptors (Lipinski definition) is 6. The fourth-order valence-corrected chi connectivity index (χ4v) is 5.80. The molecule has 1 fully saturated rings. The number of benzene rings is 2. The molecule has 0 saturated carbocycles. The molecule has 0 aliphatic carbocycles. The number of likely N-dealkylation sites (tertiary alicyclic amines) is 1. The van der Waals surface area contributed by atoms with Crippen LogP contribution in [0, 0.1) is 0 Å². The normalized spacial score (nSPS) is 16.8. The van der Waals surface area contributed by atoms with E-state index in [4.69, 9.17) is 11.5 Å². The van der Waals surface area contributed by atoms with Gasteiger partial charge in [-0.3, -0.25) is 19.2 Å². The Bertz CT molecular complexity index is 1710. The van der Waals surface area contributed by atoms with Gasteiger partial charge in [0.05, 0.1) is 12.5 Å². The van der Waals surface area contributed by atoms with Crippen LogP contribution in [0.2, 0.25) is 0 Å². The first-order chi connectivity index (χ1) is 21.1. The summed E-state index contributed by atoms with van der Waals surface area (Å²) in [7, 11) is 0. The zero-order valence-electron chi connectivity index (χ0n) is 23.9. The van der Waals surface area contributed by atoms with E-state index < -0.39 is 60.2 Å². The summed E-state index contributed by atoms with van der Waals surface area (Å²) in [6.45, 7) is 0.244. The second-order valence-corrected chi connectivity index (χ2v) is 11.1. The van der Waals surface area contributed by atoms with E-state index in [-0.39, 0.29) is 19.4 Å². The number of rotatable bonds is 12. The number of nitrogens with zero attached hydrogens (tertiary/aromatic N) is 1. The van der Waals surface area contributed by atoms with Crippen molar-refractivity contribution in [1.82, 2.24) is 25.5 Å². The van der Waals surface area contributed by atoms with E-state index in [0.29, 0.717) is 12.8 Å². The molecule has 0 spiro atoms. The van der Waals surface area contributed by atoms with Crippen molar-refractivity contribution >= 4 is 51.4 Å². The zero-order valence-corrected chi connectivity index (χ0v) is 23.9. The van der Waals surface area contributed by atoms with Crippen LogP contribution in [0.4, 0.5) is 0 Å². The SMILES string of the molecule is NC(=O)CC(N)C(=O)NC(Cc1c[nH]c2ccccc12)C(=O)NC(Cc1c[nH]c2ccccc12)C(=O)N1CCCC1C(=O)O. The third-order valence-electron chi connectivity index (χ3n) is 8.02. The highest BCUT2D eigenvalue weighted by Crippen LogP contribution is 2.24. The van der Waals surface area contributed by atoms with Crippen molar-refractivity contribution in [3.05, 3.63) is 72.1 Å². The van der Waals surface area contributed by atoms with Crippen LogP contribution in [0.15, 0.2) is 60.9 Å². The molecule has 0 bridgehead atoms. The molecule has 4 atom stereocenters. The van der Waals surface area contributed by atoms with E-state index in [9.17, 15) is 29.1 Å². The quantitative estimate of drug-likeness (QED) is 0.123. The number of carboxylic acids is 1. The van der Waals surface area contributed by atoms with E-state index in [1.165, 1.54) is 4.90 Å². The van der Waals surface area contributed by atoms with Gasteiger partial charge in [0.15, 0.2) is 0 Å². The van der Waals surface area contributed by atoms with Gasteiger partial charge in [-0.15, -0.1) is 0 Å². The standard InChI is InChI=1S/C31H35N7O6/c32-21(14-27(33)39)28(40)36-24(12-17-15-34-22-8-3-1-6-19(17)22)29(41)37-25(30(42)38-11-5-10-26(38)31(43)44)13-18-16-35-23-9-4-2-7-20(18)23/h1-4,6-9,15-16,21,24-26,34-35H,5,10-14,32H2,(H2,33,39)(H,36,40)(H,37,41)(H,43,44). The van der Waals surface area contributed by atoms with Crippen LogP contribution in [-0.2, 0) is 36.8 Å².